The van der Waals surface area contributed by atoms with E-state index in [0.29, 0.717) is 5.88 Å². The van der Waals surface area contributed by atoms with Gasteiger partial charge in [0.25, 0.3) is 0 Å². The zero-order chi connectivity index (χ0) is 13.8. The van der Waals surface area contributed by atoms with Crippen molar-refractivity contribution in [3.63, 3.8) is 0 Å². The number of aryl methyl sites for hydroxylation is 1. The molecule has 104 valence electrons. The smallest absolute Gasteiger partial charge is 0.230 e. The minimum Gasteiger partial charge on any atom is -0.480 e. The van der Waals surface area contributed by atoms with E-state index in [4.69, 9.17) is 4.74 Å². The van der Waals surface area contributed by atoms with Crippen LogP contribution in [0.3, 0.4) is 0 Å². The van der Waals surface area contributed by atoms with E-state index >= 15 is 0 Å². The summed E-state index contributed by atoms with van der Waals surface area (Å²) < 4.78 is 5.30. The maximum Gasteiger partial charge on any atom is 0.230 e. The molecule has 0 saturated carbocycles. The molecule has 0 aliphatic rings. The van der Waals surface area contributed by atoms with Gasteiger partial charge in [-0.3, -0.25) is 0 Å². The van der Waals surface area contributed by atoms with Crippen LogP contribution in [-0.2, 0) is 13.1 Å². The lowest BCUT2D eigenvalue weighted by atomic mass is 10.5. The Hall–Kier alpha value is -1.18. The summed E-state index contributed by atoms with van der Waals surface area (Å²) in [4.78, 5) is 11.9. The normalized spacial score (nSPS) is 10.7. The molecule has 19 heavy (non-hydrogen) atoms. The van der Waals surface area contributed by atoms with Crippen molar-refractivity contribution in [1.29, 1.82) is 0 Å². The third kappa shape index (κ3) is 3.65. The fourth-order valence-corrected chi connectivity index (χ4v) is 3.22. The van der Waals surface area contributed by atoms with Gasteiger partial charge in [0.05, 0.1) is 12.0 Å². The third-order valence-electron chi connectivity index (χ3n) is 2.45. The van der Waals surface area contributed by atoms with E-state index in [-0.39, 0.29) is 0 Å². The van der Waals surface area contributed by atoms with Crippen LogP contribution in [0.2, 0.25) is 0 Å². The van der Waals surface area contributed by atoms with Crippen molar-refractivity contribution in [1.82, 2.24) is 15.3 Å². The van der Waals surface area contributed by atoms with Crippen LogP contribution in [0.25, 0.3) is 0 Å². The number of hydrogen-bond acceptors (Lipinski definition) is 7. The lowest BCUT2D eigenvalue weighted by Gasteiger charge is -2.04. The highest BCUT2D eigenvalue weighted by atomic mass is 32.1. The molecule has 2 rings (SSSR count). The SMILES string of the molecule is COc1nc(N(C)C)sc1CNCc1nc(C)cs1. The van der Waals surface area contributed by atoms with E-state index in [1.807, 2.05) is 25.9 Å². The second kappa shape index (κ2) is 6.31. The van der Waals surface area contributed by atoms with Gasteiger partial charge in [-0.05, 0) is 6.92 Å². The van der Waals surface area contributed by atoms with Crippen molar-refractivity contribution in [2.45, 2.75) is 20.0 Å². The van der Waals surface area contributed by atoms with Crippen molar-refractivity contribution < 1.29 is 4.74 Å². The van der Waals surface area contributed by atoms with Crippen molar-refractivity contribution in [2.24, 2.45) is 0 Å². The highest BCUT2D eigenvalue weighted by molar-refractivity contribution is 7.15. The van der Waals surface area contributed by atoms with Gasteiger partial charge in [-0.25, -0.2) is 4.98 Å². The monoisotopic (exact) mass is 298 g/mol. The zero-order valence-electron chi connectivity index (χ0n) is 11.6. The molecule has 1 N–H and O–H groups in total. The lowest BCUT2D eigenvalue weighted by Crippen LogP contribution is -2.12. The Labute approximate surface area is 121 Å². The van der Waals surface area contributed by atoms with Gasteiger partial charge in [0, 0.05) is 38.3 Å². The van der Waals surface area contributed by atoms with Gasteiger partial charge in [-0.2, -0.15) is 4.98 Å². The van der Waals surface area contributed by atoms with E-state index in [0.717, 1.165) is 33.8 Å². The summed E-state index contributed by atoms with van der Waals surface area (Å²) in [6.45, 7) is 3.53. The Morgan fingerprint density at radius 1 is 1.32 bits per heavy atom. The number of methoxy groups -OCH3 is 1. The van der Waals surface area contributed by atoms with Crippen LogP contribution in [0.1, 0.15) is 15.6 Å². The molecule has 2 heterocycles. The predicted octanol–water partition coefficient (Wildman–Crippen LogP) is 2.27. The molecule has 0 saturated heterocycles. The number of nitrogens with zero attached hydrogens (tertiary/aromatic N) is 3. The molecular weight excluding hydrogens is 280 g/mol. The molecule has 0 amide bonds. The second-order valence-electron chi connectivity index (χ2n) is 4.31. The molecule has 0 bridgehead atoms. The molecule has 0 fully saturated rings. The van der Waals surface area contributed by atoms with Gasteiger partial charge >= 0.3 is 0 Å². The van der Waals surface area contributed by atoms with Gasteiger partial charge < -0.3 is 15.0 Å². The van der Waals surface area contributed by atoms with Crippen LogP contribution in [0.5, 0.6) is 5.88 Å². The molecule has 0 aliphatic carbocycles. The molecule has 0 atom stereocenters. The summed E-state index contributed by atoms with van der Waals surface area (Å²) in [6.07, 6.45) is 0. The summed E-state index contributed by atoms with van der Waals surface area (Å²) in [5, 5.41) is 7.50. The quantitative estimate of drug-likeness (QED) is 0.886. The number of anilines is 1. The van der Waals surface area contributed by atoms with E-state index in [2.05, 4.69) is 20.7 Å². The molecular formula is C12H18N4OS2. The average Bonchev–Trinajstić information content (AvgIpc) is 2.96. The van der Waals surface area contributed by atoms with E-state index < -0.39 is 0 Å². The van der Waals surface area contributed by atoms with Gasteiger partial charge in [-0.15, -0.1) is 11.3 Å². The zero-order valence-corrected chi connectivity index (χ0v) is 13.2. The fraction of sp³-hybridized carbons (Fsp3) is 0.500. The second-order valence-corrected chi connectivity index (χ2v) is 6.31. The Kier molecular flexibility index (Phi) is 4.73. The van der Waals surface area contributed by atoms with Crippen LogP contribution in [0.15, 0.2) is 5.38 Å². The Balaban J connectivity index is 1.95. The molecule has 0 radical (unpaired) electrons. The average molecular weight is 298 g/mol. The fourth-order valence-electron chi connectivity index (χ4n) is 1.56. The Morgan fingerprint density at radius 3 is 2.68 bits per heavy atom. The van der Waals surface area contributed by atoms with Crippen molar-refractivity contribution >= 4 is 27.8 Å². The molecule has 5 nitrogen and oxygen atoms in total. The van der Waals surface area contributed by atoms with E-state index in [9.17, 15) is 0 Å². The third-order valence-corrected chi connectivity index (χ3v) is 4.63. The van der Waals surface area contributed by atoms with Crippen molar-refractivity contribution in [3.8, 4) is 5.88 Å². The topological polar surface area (TPSA) is 50.3 Å². The first-order valence-electron chi connectivity index (χ1n) is 5.93. The largest absolute Gasteiger partial charge is 0.480 e. The van der Waals surface area contributed by atoms with Crippen molar-refractivity contribution in [2.75, 3.05) is 26.1 Å². The van der Waals surface area contributed by atoms with Crippen LogP contribution >= 0.6 is 22.7 Å². The highest BCUT2D eigenvalue weighted by Crippen LogP contribution is 2.30. The van der Waals surface area contributed by atoms with Gasteiger partial charge in [0.15, 0.2) is 5.13 Å². The van der Waals surface area contributed by atoms with Gasteiger partial charge in [0.2, 0.25) is 5.88 Å². The van der Waals surface area contributed by atoms with E-state index in [1.54, 1.807) is 29.8 Å². The number of thiazole rings is 2. The first kappa shape index (κ1) is 14.2. The summed E-state index contributed by atoms with van der Waals surface area (Å²) in [5.74, 6) is 0.705. The summed E-state index contributed by atoms with van der Waals surface area (Å²) >= 11 is 3.32. The lowest BCUT2D eigenvalue weighted by molar-refractivity contribution is 0.394. The van der Waals surface area contributed by atoms with Gasteiger partial charge in [-0.1, -0.05) is 11.3 Å². The molecule has 0 aromatic carbocycles. The minimum atomic E-state index is 0.705. The number of hydrogen-bond donors (Lipinski definition) is 1. The number of nitrogens with one attached hydrogen (secondary N) is 1. The van der Waals surface area contributed by atoms with Crippen LogP contribution in [0, 0.1) is 6.92 Å². The summed E-state index contributed by atoms with van der Waals surface area (Å²) in [7, 11) is 5.61. The highest BCUT2D eigenvalue weighted by Gasteiger charge is 2.12. The first-order valence-corrected chi connectivity index (χ1v) is 7.62. The number of ether oxygens (including phenoxy) is 1. The summed E-state index contributed by atoms with van der Waals surface area (Å²) in [5.41, 5.74) is 1.08. The maximum atomic E-state index is 5.30. The maximum absolute atomic E-state index is 5.30. The standard InChI is InChI=1S/C12H18N4OS2/c1-8-7-18-10(14-8)6-13-5-9-11(17-4)15-12(19-9)16(2)3/h7,13H,5-6H2,1-4H3. The molecule has 0 unspecified atom stereocenters. The Bertz CT molecular complexity index is 536. The first-order chi connectivity index (χ1) is 9.10. The predicted molar refractivity (Wildman–Crippen MR) is 80.4 cm³/mol. The molecule has 0 spiro atoms. The van der Waals surface area contributed by atoms with Crippen LogP contribution in [-0.4, -0.2) is 31.2 Å². The minimum absolute atomic E-state index is 0.705. The summed E-state index contributed by atoms with van der Waals surface area (Å²) in [6, 6.07) is 0. The molecule has 2 aromatic rings. The van der Waals surface area contributed by atoms with E-state index in [1.165, 1.54) is 0 Å². The van der Waals surface area contributed by atoms with Crippen molar-refractivity contribution in [3.05, 3.63) is 21.0 Å². The molecule has 0 aliphatic heterocycles. The van der Waals surface area contributed by atoms with Gasteiger partial charge in [0.1, 0.15) is 5.01 Å². The van der Waals surface area contributed by atoms with Crippen LogP contribution in [0.4, 0.5) is 5.13 Å². The van der Waals surface area contributed by atoms with Crippen LogP contribution < -0.4 is 15.0 Å². The number of rotatable bonds is 6. The molecule has 7 heteroatoms. The molecule has 2 aromatic heterocycles. The number of aromatic nitrogens is 2. The Morgan fingerprint density at radius 2 is 2.11 bits per heavy atom.